The molecule has 0 fully saturated rings. The second-order valence-corrected chi connectivity index (χ2v) is 4.59. The van der Waals surface area contributed by atoms with E-state index < -0.39 is 6.10 Å². The lowest BCUT2D eigenvalue weighted by atomic mass is 10.2. The molecular weight excluding hydrogens is 272 g/mol. The fourth-order valence-electron chi connectivity index (χ4n) is 1.76. The molecule has 1 aromatic rings. The Morgan fingerprint density at radius 2 is 2.10 bits per heavy atom. The van der Waals surface area contributed by atoms with E-state index in [1.165, 1.54) is 0 Å². The monoisotopic (exact) mass is 296 g/mol. The quantitative estimate of drug-likeness (QED) is 0.666. The van der Waals surface area contributed by atoms with Gasteiger partial charge in [0.05, 0.1) is 7.11 Å². The van der Waals surface area contributed by atoms with E-state index in [1.54, 1.807) is 33.3 Å². The molecule has 0 aromatic heterocycles. The highest BCUT2D eigenvalue weighted by atomic mass is 16.5. The Balaban J connectivity index is 2.60. The molecule has 0 saturated carbocycles. The molecule has 0 radical (unpaired) electrons. The van der Waals surface area contributed by atoms with Crippen molar-refractivity contribution in [2.24, 2.45) is 5.73 Å². The Morgan fingerprint density at radius 3 is 2.71 bits per heavy atom. The number of nitrogens with one attached hydrogen (secondary N) is 1. The zero-order valence-corrected chi connectivity index (χ0v) is 12.8. The number of rotatable bonds is 9. The first kappa shape index (κ1) is 17.3. The normalized spacial score (nSPS) is 11.8. The summed E-state index contributed by atoms with van der Waals surface area (Å²) in [5.41, 5.74) is 6.52. The first-order chi connectivity index (χ1) is 10.1. The Bertz CT molecular complexity index is 451. The lowest BCUT2D eigenvalue weighted by Gasteiger charge is -2.17. The molecule has 3 N–H and O–H groups in total. The molecule has 1 aromatic carbocycles. The molecule has 0 aliphatic rings. The number of carbonyl (C=O) groups excluding carboxylic acids is 1. The van der Waals surface area contributed by atoms with Crippen LogP contribution in [0.2, 0.25) is 0 Å². The molecule has 1 amide bonds. The molecule has 1 rings (SSSR count). The SMILES string of the molecule is COCCCNC(=O)C(C)Oc1cc(CN)ccc1OC. The van der Waals surface area contributed by atoms with Gasteiger partial charge >= 0.3 is 0 Å². The third kappa shape index (κ3) is 5.61. The zero-order chi connectivity index (χ0) is 15.7. The first-order valence-electron chi connectivity index (χ1n) is 6.92. The highest BCUT2D eigenvalue weighted by Gasteiger charge is 2.16. The Hall–Kier alpha value is -1.79. The van der Waals surface area contributed by atoms with Crippen LogP contribution in [0.25, 0.3) is 0 Å². The van der Waals surface area contributed by atoms with Gasteiger partial charge in [-0.15, -0.1) is 0 Å². The van der Waals surface area contributed by atoms with Crippen LogP contribution in [0.5, 0.6) is 11.5 Å². The molecule has 1 unspecified atom stereocenters. The molecule has 0 aliphatic carbocycles. The number of hydrogen-bond acceptors (Lipinski definition) is 5. The maximum atomic E-state index is 11.9. The summed E-state index contributed by atoms with van der Waals surface area (Å²) in [5, 5.41) is 2.79. The van der Waals surface area contributed by atoms with Gasteiger partial charge in [-0.2, -0.15) is 0 Å². The number of nitrogens with two attached hydrogens (primary N) is 1. The largest absolute Gasteiger partial charge is 0.493 e. The first-order valence-corrected chi connectivity index (χ1v) is 6.92. The van der Waals surface area contributed by atoms with Crippen LogP contribution in [-0.2, 0) is 16.1 Å². The average Bonchev–Trinajstić information content (AvgIpc) is 2.51. The van der Waals surface area contributed by atoms with Gasteiger partial charge in [0, 0.05) is 26.8 Å². The minimum absolute atomic E-state index is 0.175. The topological polar surface area (TPSA) is 82.8 Å². The number of carbonyl (C=O) groups is 1. The van der Waals surface area contributed by atoms with Crippen LogP contribution in [0.3, 0.4) is 0 Å². The van der Waals surface area contributed by atoms with E-state index in [9.17, 15) is 4.79 Å². The van der Waals surface area contributed by atoms with Gasteiger partial charge in [0.2, 0.25) is 0 Å². The lowest BCUT2D eigenvalue weighted by molar-refractivity contribution is -0.127. The molecule has 21 heavy (non-hydrogen) atoms. The minimum Gasteiger partial charge on any atom is -0.493 e. The number of amides is 1. The third-order valence-electron chi connectivity index (χ3n) is 2.96. The van der Waals surface area contributed by atoms with Gasteiger partial charge < -0.3 is 25.3 Å². The predicted octanol–water partition coefficient (Wildman–Crippen LogP) is 1.07. The average molecular weight is 296 g/mol. The van der Waals surface area contributed by atoms with Crippen molar-refractivity contribution in [3.8, 4) is 11.5 Å². The Labute approximate surface area is 125 Å². The zero-order valence-electron chi connectivity index (χ0n) is 12.8. The number of ether oxygens (including phenoxy) is 3. The summed E-state index contributed by atoms with van der Waals surface area (Å²) < 4.78 is 15.8. The van der Waals surface area contributed by atoms with Crippen molar-refractivity contribution in [2.75, 3.05) is 27.4 Å². The van der Waals surface area contributed by atoms with Crippen LogP contribution < -0.4 is 20.5 Å². The van der Waals surface area contributed by atoms with Crippen molar-refractivity contribution in [3.05, 3.63) is 23.8 Å². The maximum absolute atomic E-state index is 11.9. The van der Waals surface area contributed by atoms with Gasteiger partial charge in [0.1, 0.15) is 0 Å². The molecule has 0 bridgehead atoms. The van der Waals surface area contributed by atoms with Gasteiger partial charge in [-0.25, -0.2) is 0 Å². The fourth-order valence-corrected chi connectivity index (χ4v) is 1.76. The predicted molar refractivity (Wildman–Crippen MR) is 80.5 cm³/mol. The number of hydrogen-bond donors (Lipinski definition) is 2. The summed E-state index contributed by atoms with van der Waals surface area (Å²) in [4.78, 5) is 11.9. The number of benzene rings is 1. The molecule has 0 saturated heterocycles. The number of methoxy groups -OCH3 is 2. The standard InChI is InChI=1S/C15H24N2O4/c1-11(15(18)17-7-4-8-19-2)21-14-9-12(10-16)5-6-13(14)20-3/h5-6,9,11H,4,7-8,10,16H2,1-3H3,(H,17,18). The molecule has 6 nitrogen and oxygen atoms in total. The van der Waals surface area contributed by atoms with E-state index >= 15 is 0 Å². The maximum Gasteiger partial charge on any atom is 0.260 e. The lowest BCUT2D eigenvalue weighted by Crippen LogP contribution is -2.37. The summed E-state index contributed by atoms with van der Waals surface area (Å²) in [7, 11) is 3.18. The van der Waals surface area contributed by atoms with Gasteiger partial charge in [-0.05, 0) is 31.0 Å². The molecule has 1 atom stereocenters. The van der Waals surface area contributed by atoms with Gasteiger partial charge in [-0.1, -0.05) is 6.07 Å². The second kappa shape index (κ2) is 9.20. The summed E-state index contributed by atoms with van der Waals surface area (Å²) in [6, 6.07) is 5.43. The van der Waals surface area contributed by atoms with E-state index in [2.05, 4.69) is 5.32 Å². The van der Waals surface area contributed by atoms with Crippen molar-refractivity contribution in [2.45, 2.75) is 26.0 Å². The Kier molecular flexibility index (Phi) is 7.56. The second-order valence-electron chi connectivity index (χ2n) is 4.59. The van der Waals surface area contributed by atoms with Crippen LogP contribution in [-0.4, -0.2) is 39.4 Å². The van der Waals surface area contributed by atoms with E-state index in [-0.39, 0.29) is 5.91 Å². The van der Waals surface area contributed by atoms with Crippen molar-refractivity contribution >= 4 is 5.91 Å². The van der Waals surface area contributed by atoms with Crippen LogP contribution in [0.4, 0.5) is 0 Å². The van der Waals surface area contributed by atoms with E-state index in [1.807, 2.05) is 6.07 Å². The minimum atomic E-state index is -0.616. The van der Waals surface area contributed by atoms with Crippen LogP contribution in [0, 0.1) is 0 Å². The molecule has 0 spiro atoms. The summed E-state index contributed by atoms with van der Waals surface area (Å²) >= 11 is 0. The van der Waals surface area contributed by atoms with Gasteiger partial charge in [0.15, 0.2) is 17.6 Å². The third-order valence-corrected chi connectivity index (χ3v) is 2.96. The van der Waals surface area contributed by atoms with Crippen LogP contribution >= 0.6 is 0 Å². The van der Waals surface area contributed by atoms with Crippen molar-refractivity contribution in [3.63, 3.8) is 0 Å². The molecule has 118 valence electrons. The van der Waals surface area contributed by atoms with Crippen molar-refractivity contribution in [1.29, 1.82) is 0 Å². The summed E-state index contributed by atoms with van der Waals surface area (Å²) in [6.07, 6.45) is 0.149. The van der Waals surface area contributed by atoms with Crippen LogP contribution in [0.1, 0.15) is 18.9 Å². The van der Waals surface area contributed by atoms with E-state index in [0.717, 1.165) is 12.0 Å². The molecule has 0 aliphatic heterocycles. The van der Waals surface area contributed by atoms with E-state index in [4.69, 9.17) is 19.9 Å². The summed E-state index contributed by atoms with van der Waals surface area (Å²) in [6.45, 7) is 3.26. The van der Waals surface area contributed by atoms with Crippen LogP contribution in [0.15, 0.2) is 18.2 Å². The molecular formula is C15H24N2O4. The van der Waals surface area contributed by atoms with Gasteiger partial charge in [-0.3, -0.25) is 4.79 Å². The molecule has 6 heteroatoms. The van der Waals surface area contributed by atoms with Crippen molar-refractivity contribution < 1.29 is 19.0 Å². The molecule has 0 heterocycles. The highest BCUT2D eigenvalue weighted by molar-refractivity contribution is 5.80. The fraction of sp³-hybridized carbons (Fsp3) is 0.533. The Morgan fingerprint density at radius 1 is 1.33 bits per heavy atom. The van der Waals surface area contributed by atoms with E-state index in [0.29, 0.717) is 31.2 Å². The van der Waals surface area contributed by atoms with Crippen molar-refractivity contribution in [1.82, 2.24) is 5.32 Å². The summed E-state index contributed by atoms with van der Waals surface area (Å²) in [5.74, 6) is 0.914. The smallest absolute Gasteiger partial charge is 0.260 e. The van der Waals surface area contributed by atoms with Gasteiger partial charge in [0.25, 0.3) is 5.91 Å². The highest BCUT2D eigenvalue weighted by Crippen LogP contribution is 2.28.